The van der Waals surface area contributed by atoms with Crippen LogP contribution in [0.3, 0.4) is 0 Å². The number of carbonyl (C=O) groups excluding carboxylic acids is 1. The summed E-state index contributed by atoms with van der Waals surface area (Å²) in [5.41, 5.74) is 0.485. The highest BCUT2D eigenvalue weighted by Gasteiger charge is 2.23. The minimum Gasteiger partial charge on any atom is -0.349 e. The molecule has 0 saturated carbocycles. The number of nitrogens with zero attached hydrogens (tertiary/aromatic N) is 4. The Balaban J connectivity index is 1.49. The maximum Gasteiger partial charge on any atom is 0.279 e. The van der Waals surface area contributed by atoms with Crippen molar-refractivity contribution in [2.24, 2.45) is 0 Å². The molecule has 0 radical (unpaired) electrons. The van der Waals surface area contributed by atoms with Gasteiger partial charge in [0.05, 0.1) is 17.3 Å². The quantitative estimate of drug-likeness (QED) is 0.587. The lowest BCUT2D eigenvalue weighted by Gasteiger charge is -2.33. The van der Waals surface area contributed by atoms with Gasteiger partial charge in [-0.3, -0.25) is 14.5 Å². The molecule has 0 atom stereocenters. The zero-order valence-corrected chi connectivity index (χ0v) is 18.6. The Morgan fingerprint density at radius 2 is 1.59 bits per heavy atom. The van der Waals surface area contributed by atoms with Crippen LogP contribution in [-0.2, 0) is 10.0 Å². The van der Waals surface area contributed by atoms with Gasteiger partial charge in [0.2, 0.25) is 10.0 Å². The van der Waals surface area contributed by atoms with E-state index in [2.05, 4.69) is 15.3 Å². The van der Waals surface area contributed by atoms with E-state index in [0.29, 0.717) is 55.7 Å². The van der Waals surface area contributed by atoms with Crippen LogP contribution in [0.2, 0.25) is 0 Å². The predicted octanol–water partition coefficient (Wildman–Crippen LogP) is 0.693. The van der Waals surface area contributed by atoms with Crippen molar-refractivity contribution in [3.63, 3.8) is 0 Å². The Labute approximate surface area is 186 Å². The van der Waals surface area contributed by atoms with Gasteiger partial charge in [0, 0.05) is 44.7 Å². The van der Waals surface area contributed by atoms with Gasteiger partial charge < -0.3 is 5.32 Å². The van der Waals surface area contributed by atoms with Gasteiger partial charge in [0.15, 0.2) is 5.69 Å². The van der Waals surface area contributed by atoms with Gasteiger partial charge >= 0.3 is 0 Å². The van der Waals surface area contributed by atoms with Crippen molar-refractivity contribution >= 4 is 26.7 Å². The van der Waals surface area contributed by atoms with Crippen LogP contribution >= 0.6 is 0 Å². The summed E-state index contributed by atoms with van der Waals surface area (Å²) in [7, 11) is -3.17. The zero-order valence-electron chi connectivity index (χ0n) is 17.8. The Bertz CT molecular complexity index is 1280. The van der Waals surface area contributed by atoms with Crippen molar-refractivity contribution in [1.29, 1.82) is 0 Å². The molecule has 3 aromatic rings. The van der Waals surface area contributed by atoms with Crippen LogP contribution in [0.5, 0.6) is 0 Å². The number of sulfonamides is 1. The van der Waals surface area contributed by atoms with Crippen molar-refractivity contribution in [2.45, 2.75) is 0 Å². The predicted molar refractivity (Wildman–Crippen MR) is 123 cm³/mol. The second kappa shape index (κ2) is 9.19. The summed E-state index contributed by atoms with van der Waals surface area (Å²) in [5.74, 6) is -0.361. The SMILES string of the molecule is CS(=O)(=O)N1CCN(CCNC(=O)c2nn(-c3ccccc3)c(=O)c3ccccc23)CC1. The van der Waals surface area contributed by atoms with Crippen LogP contribution in [0.15, 0.2) is 59.4 Å². The molecule has 2 heterocycles. The molecule has 1 N–H and O–H groups in total. The van der Waals surface area contributed by atoms with Gasteiger partial charge in [0.25, 0.3) is 11.5 Å². The number of benzene rings is 2. The number of hydrogen-bond donors (Lipinski definition) is 1. The summed E-state index contributed by atoms with van der Waals surface area (Å²) in [6, 6.07) is 15.9. The molecule has 0 bridgehead atoms. The first-order valence-corrected chi connectivity index (χ1v) is 12.2. The summed E-state index contributed by atoms with van der Waals surface area (Å²) in [5, 5.41) is 8.19. The van der Waals surface area contributed by atoms with Crippen molar-refractivity contribution in [3.8, 4) is 5.69 Å². The molecule has 0 spiro atoms. The second-order valence-corrected chi connectivity index (χ2v) is 9.69. The maximum absolute atomic E-state index is 13.0. The molecule has 1 aliphatic rings. The lowest BCUT2D eigenvalue weighted by molar-refractivity contribution is 0.0940. The second-order valence-electron chi connectivity index (χ2n) is 7.71. The monoisotopic (exact) mass is 455 g/mol. The van der Waals surface area contributed by atoms with E-state index in [4.69, 9.17) is 0 Å². The van der Waals surface area contributed by atoms with Gasteiger partial charge in [-0.25, -0.2) is 8.42 Å². The van der Waals surface area contributed by atoms with Crippen LogP contribution < -0.4 is 10.9 Å². The van der Waals surface area contributed by atoms with E-state index in [0.717, 1.165) is 0 Å². The number of nitrogens with one attached hydrogen (secondary N) is 1. The first kappa shape index (κ1) is 22.1. The number of aromatic nitrogens is 2. The molecule has 1 amide bonds. The molecule has 1 saturated heterocycles. The Kier molecular flexibility index (Phi) is 6.35. The highest BCUT2D eigenvalue weighted by atomic mass is 32.2. The summed E-state index contributed by atoms with van der Waals surface area (Å²) in [4.78, 5) is 28.0. The van der Waals surface area contributed by atoms with Crippen molar-refractivity contribution in [2.75, 3.05) is 45.5 Å². The number of rotatable bonds is 6. The molecule has 9 nitrogen and oxygen atoms in total. The topological polar surface area (TPSA) is 105 Å². The summed E-state index contributed by atoms with van der Waals surface area (Å²) >= 11 is 0. The molecule has 2 aromatic carbocycles. The average Bonchev–Trinajstić information content (AvgIpc) is 2.80. The number of para-hydroxylation sites is 1. The minimum absolute atomic E-state index is 0.186. The van der Waals surface area contributed by atoms with Crippen LogP contribution in [0.4, 0.5) is 0 Å². The fourth-order valence-corrected chi connectivity index (χ4v) is 4.62. The molecular formula is C22H25N5O4S. The normalized spacial score (nSPS) is 15.7. The van der Waals surface area contributed by atoms with E-state index in [1.54, 1.807) is 36.4 Å². The number of fused-ring (bicyclic) bond motifs is 1. The average molecular weight is 456 g/mol. The van der Waals surface area contributed by atoms with E-state index in [-0.39, 0.29) is 17.2 Å². The molecule has 0 unspecified atom stereocenters. The minimum atomic E-state index is -3.17. The van der Waals surface area contributed by atoms with Gasteiger partial charge in [-0.2, -0.15) is 14.1 Å². The van der Waals surface area contributed by atoms with E-state index < -0.39 is 10.0 Å². The molecule has 1 aliphatic heterocycles. The molecule has 32 heavy (non-hydrogen) atoms. The van der Waals surface area contributed by atoms with E-state index in [1.165, 1.54) is 15.2 Å². The highest BCUT2D eigenvalue weighted by Crippen LogP contribution is 2.15. The van der Waals surface area contributed by atoms with Gasteiger partial charge in [-0.05, 0) is 18.2 Å². The molecule has 1 fully saturated rings. The van der Waals surface area contributed by atoms with E-state index >= 15 is 0 Å². The smallest absolute Gasteiger partial charge is 0.279 e. The largest absolute Gasteiger partial charge is 0.349 e. The standard InChI is InChI=1S/C22H25N5O4S/c1-32(30,31)26-15-13-25(14-16-26)12-11-23-21(28)20-18-9-5-6-10-19(18)22(29)27(24-20)17-7-3-2-4-8-17/h2-10H,11-16H2,1H3,(H,23,28). The van der Waals surface area contributed by atoms with Crippen molar-refractivity contribution in [1.82, 2.24) is 24.3 Å². The zero-order chi connectivity index (χ0) is 22.7. The number of amides is 1. The molecule has 4 rings (SSSR count). The van der Waals surface area contributed by atoms with Crippen LogP contribution in [0.1, 0.15) is 10.5 Å². The van der Waals surface area contributed by atoms with E-state index in [1.807, 2.05) is 18.2 Å². The first-order chi connectivity index (χ1) is 15.3. The molecule has 0 aliphatic carbocycles. The molecular weight excluding hydrogens is 430 g/mol. The summed E-state index contributed by atoms with van der Waals surface area (Å²) < 4.78 is 26.0. The molecule has 168 valence electrons. The van der Waals surface area contributed by atoms with Crippen LogP contribution in [-0.4, -0.2) is 78.8 Å². The fourth-order valence-electron chi connectivity index (χ4n) is 3.80. The number of carbonyl (C=O) groups is 1. The summed E-state index contributed by atoms with van der Waals surface area (Å²) in [6.45, 7) is 3.10. The van der Waals surface area contributed by atoms with Crippen LogP contribution in [0, 0.1) is 0 Å². The maximum atomic E-state index is 13.0. The number of hydrogen-bond acceptors (Lipinski definition) is 6. The fraction of sp³-hybridized carbons (Fsp3) is 0.318. The van der Waals surface area contributed by atoms with Gasteiger partial charge in [-0.1, -0.05) is 36.4 Å². The lowest BCUT2D eigenvalue weighted by atomic mass is 10.1. The van der Waals surface area contributed by atoms with Gasteiger partial charge in [-0.15, -0.1) is 0 Å². The Morgan fingerprint density at radius 1 is 0.969 bits per heavy atom. The lowest BCUT2D eigenvalue weighted by Crippen LogP contribution is -2.50. The van der Waals surface area contributed by atoms with E-state index in [9.17, 15) is 18.0 Å². The Hall–Kier alpha value is -3.08. The summed E-state index contributed by atoms with van der Waals surface area (Å²) in [6.07, 6.45) is 1.22. The Morgan fingerprint density at radius 3 is 2.25 bits per heavy atom. The van der Waals surface area contributed by atoms with Crippen molar-refractivity contribution < 1.29 is 13.2 Å². The third kappa shape index (κ3) is 4.72. The third-order valence-corrected chi connectivity index (χ3v) is 6.84. The molecule has 10 heteroatoms. The van der Waals surface area contributed by atoms with Crippen LogP contribution in [0.25, 0.3) is 16.5 Å². The number of piperazine rings is 1. The van der Waals surface area contributed by atoms with Gasteiger partial charge in [0.1, 0.15) is 0 Å². The molecule has 1 aromatic heterocycles. The third-order valence-electron chi connectivity index (χ3n) is 5.53. The highest BCUT2D eigenvalue weighted by molar-refractivity contribution is 7.88. The first-order valence-electron chi connectivity index (χ1n) is 10.4. The van der Waals surface area contributed by atoms with Crippen molar-refractivity contribution in [3.05, 3.63) is 70.6 Å².